The van der Waals surface area contributed by atoms with Gasteiger partial charge in [-0.25, -0.2) is 13.1 Å². The Balaban J connectivity index is 2.05. The molecule has 0 spiro atoms. The van der Waals surface area contributed by atoms with Gasteiger partial charge in [0.25, 0.3) is 5.91 Å². The second kappa shape index (κ2) is 8.05. The highest BCUT2D eigenvalue weighted by molar-refractivity contribution is 7.89. The maximum atomic E-state index is 12.2. The highest BCUT2D eigenvalue weighted by Gasteiger charge is 2.15. The van der Waals surface area contributed by atoms with Crippen molar-refractivity contribution in [1.29, 1.82) is 0 Å². The smallest absolute Gasteiger partial charge is 0.251 e. The van der Waals surface area contributed by atoms with Crippen LogP contribution in [-0.4, -0.2) is 40.5 Å². The Kier molecular flexibility index (Phi) is 6.09. The number of hydrogen-bond acceptors (Lipinski definition) is 4. The predicted octanol–water partition coefficient (Wildman–Crippen LogP) is 0.800. The maximum Gasteiger partial charge on any atom is 0.251 e. The normalized spacial score (nSPS) is 14.9. The van der Waals surface area contributed by atoms with Crippen LogP contribution in [0.2, 0.25) is 0 Å². The minimum Gasteiger partial charge on any atom is -0.348 e. The molecule has 3 N–H and O–H groups in total. The summed E-state index contributed by atoms with van der Waals surface area (Å²) in [4.78, 5) is 12.3. The molecule has 0 saturated carbocycles. The van der Waals surface area contributed by atoms with E-state index in [4.69, 9.17) is 0 Å². The van der Waals surface area contributed by atoms with Crippen molar-refractivity contribution in [3.8, 4) is 0 Å². The molecule has 1 aromatic carbocycles. The van der Waals surface area contributed by atoms with Gasteiger partial charge in [-0.3, -0.25) is 4.79 Å². The molecule has 2 rings (SSSR count). The first-order valence-corrected chi connectivity index (χ1v) is 8.88. The number of carbonyl (C=O) groups excluding carboxylic acids is 1. The molecule has 1 heterocycles. The van der Waals surface area contributed by atoms with Crippen molar-refractivity contribution in [3.63, 3.8) is 0 Å². The molecule has 1 aromatic rings. The summed E-state index contributed by atoms with van der Waals surface area (Å²) in [6, 6.07) is 5.98. The van der Waals surface area contributed by atoms with E-state index < -0.39 is 10.0 Å². The van der Waals surface area contributed by atoms with Crippen LogP contribution >= 0.6 is 0 Å². The van der Waals surface area contributed by atoms with Gasteiger partial charge in [-0.15, -0.1) is 6.58 Å². The van der Waals surface area contributed by atoms with Crippen LogP contribution in [0.15, 0.2) is 53.5 Å². The summed E-state index contributed by atoms with van der Waals surface area (Å²) in [5.41, 5.74) is 1.49. The van der Waals surface area contributed by atoms with E-state index in [1.54, 1.807) is 12.1 Å². The number of rotatable bonds is 7. The Morgan fingerprint density at radius 3 is 2.91 bits per heavy atom. The molecular weight excluding hydrogens is 314 g/mol. The van der Waals surface area contributed by atoms with Crippen molar-refractivity contribution in [3.05, 3.63) is 54.1 Å². The monoisotopic (exact) mass is 335 g/mol. The summed E-state index contributed by atoms with van der Waals surface area (Å²) in [5.74, 6) is -0.287. The van der Waals surface area contributed by atoms with Crippen LogP contribution in [0.25, 0.3) is 0 Å². The lowest BCUT2D eigenvalue weighted by Crippen LogP contribution is -2.30. The minimum absolute atomic E-state index is 0.0630. The van der Waals surface area contributed by atoms with Crippen LogP contribution in [0.4, 0.5) is 0 Å². The van der Waals surface area contributed by atoms with E-state index in [0.717, 1.165) is 19.5 Å². The lowest BCUT2D eigenvalue weighted by molar-refractivity contribution is 0.0956. The quantitative estimate of drug-likeness (QED) is 0.643. The van der Waals surface area contributed by atoms with E-state index in [0.29, 0.717) is 12.1 Å². The molecule has 0 atom stereocenters. The third-order valence-corrected chi connectivity index (χ3v) is 4.88. The van der Waals surface area contributed by atoms with Crippen molar-refractivity contribution in [2.75, 3.05) is 26.2 Å². The van der Waals surface area contributed by atoms with E-state index >= 15 is 0 Å². The minimum atomic E-state index is -3.63. The van der Waals surface area contributed by atoms with Crippen LogP contribution in [0, 0.1) is 0 Å². The SMILES string of the molecule is C=CCNS(=O)(=O)c1cccc(C(=O)NCC2=CCNCC2)c1. The Hall–Kier alpha value is -1.96. The van der Waals surface area contributed by atoms with E-state index in [-0.39, 0.29) is 17.3 Å². The zero-order chi connectivity index (χ0) is 16.7. The topological polar surface area (TPSA) is 87.3 Å². The molecule has 0 unspecified atom stereocenters. The first kappa shape index (κ1) is 17.4. The van der Waals surface area contributed by atoms with Crippen LogP contribution in [0.5, 0.6) is 0 Å². The molecule has 1 aliphatic heterocycles. The molecular formula is C16H21N3O3S. The zero-order valence-corrected chi connectivity index (χ0v) is 13.7. The number of hydrogen-bond donors (Lipinski definition) is 3. The molecule has 7 heteroatoms. The highest BCUT2D eigenvalue weighted by atomic mass is 32.2. The number of amides is 1. The molecule has 1 amide bonds. The molecule has 0 bridgehead atoms. The van der Waals surface area contributed by atoms with E-state index in [1.807, 2.05) is 0 Å². The van der Waals surface area contributed by atoms with Gasteiger partial charge in [0, 0.05) is 25.2 Å². The highest BCUT2D eigenvalue weighted by Crippen LogP contribution is 2.12. The van der Waals surface area contributed by atoms with Crippen LogP contribution < -0.4 is 15.4 Å². The predicted molar refractivity (Wildman–Crippen MR) is 89.7 cm³/mol. The Labute approximate surface area is 136 Å². The lowest BCUT2D eigenvalue weighted by atomic mass is 10.1. The van der Waals surface area contributed by atoms with Crippen LogP contribution in [0.3, 0.4) is 0 Å². The van der Waals surface area contributed by atoms with E-state index in [9.17, 15) is 13.2 Å². The fourth-order valence-electron chi connectivity index (χ4n) is 2.18. The van der Waals surface area contributed by atoms with Crippen molar-refractivity contribution in [1.82, 2.24) is 15.4 Å². The average molecular weight is 335 g/mol. The summed E-state index contributed by atoms with van der Waals surface area (Å²) in [7, 11) is -3.63. The largest absolute Gasteiger partial charge is 0.348 e. The number of nitrogens with one attached hydrogen (secondary N) is 3. The second-order valence-electron chi connectivity index (χ2n) is 5.17. The number of carbonyl (C=O) groups is 1. The maximum absolute atomic E-state index is 12.2. The summed E-state index contributed by atoms with van der Waals surface area (Å²) in [6.07, 6.45) is 4.42. The van der Waals surface area contributed by atoms with E-state index in [1.165, 1.54) is 23.8 Å². The average Bonchev–Trinajstić information content (AvgIpc) is 2.59. The summed E-state index contributed by atoms with van der Waals surface area (Å²) < 4.78 is 26.5. The Bertz CT molecular complexity index is 711. The van der Waals surface area contributed by atoms with Crippen molar-refractivity contribution in [2.24, 2.45) is 0 Å². The van der Waals surface area contributed by atoms with Gasteiger partial charge in [0.05, 0.1) is 4.90 Å². The molecule has 1 aliphatic rings. The van der Waals surface area contributed by atoms with Gasteiger partial charge in [-0.1, -0.05) is 23.8 Å². The second-order valence-corrected chi connectivity index (χ2v) is 6.93. The Morgan fingerprint density at radius 1 is 1.39 bits per heavy atom. The van der Waals surface area contributed by atoms with E-state index in [2.05, 4.69) is 28.0 Å². The van der Waals surface area contributed by atoms with Gasteiger partial charge in [-0.2, -0.15) is 0 Å². The third kappa shape index (κ3) is 5.02. The molecule has 0 aliphatic carbocycles. The fourth-order valence-corrected chi connectivity index (χ4v) is 3.23. The fraction of sp³-hybridized carbons (Fsp3) is 0.312. The number of sulfonamides is 1. The summed E-state index contributed by atoms with van der Waals surface area (Å²) in [5, 5.41) is 6.03. The third-order valence-electron chi connectivity index (χ3n) is 3.46. The van der Waals surface area contributed by atoms with Crippen molar-refractivity contribution >= 4 is 15.9 Å². The number of benzene rings is 1. The van der Waals surface area contributed by atoms with Crippen LogP contribution in [0.1, 0.15) is 16.8 Å². The van der Waals surface area contributed by atoms with Gasteiger partial charge in [0.15, 0.2) is 0 Å². The Morgan fingerprint density at radius 2 is 2.22 bits per heavy atom. The first-order chi connectivity index (χ1) is 11.0. The molecule has 23 heavy (non-hydrogen) atoms. The molecule has 0 fully saturated rings. The van der Waals surface area contributed by atoms with Crippen LogP contribution in [-0.2, 0) is 10.0 Å². The molecule has 0 radical (unpaired) electrons. The van der Waals surface area contributed by atoms with Gasteiger partial charge in [0.1, 0.15) is 0 Å². The summed E-state index contributed by atoms with van der Waals surface area (Å²) >= 11 is 0. The van der Waals surface area contributed by atoms with Gasteiger partial charge >= 0.3 is 0 Å². The van der Waals surface area contributed by atoms with Crippen molar-refractivity contribution in [2.45, 2.75) is 11.3 Å². The molecule has 124 valence electrons. The summed E-state index contributed by atoms with van der Waals surface area (Å²) in [6.45, 7) is 5.81. The van der Waals surface area contributed by atoms with Gasteiger partial charge in [0.2, 0.25) is 10.0 Å². The lowest BCUT2D eigenvalue weighted by Gasteiger charge is -2.14. The van der Waals surface area contributed by atoms with Gasteiger partial charge < -0.3 is 10.6 Å². The first-order valence-electron chi connectivity index (χ1n) is 7.40. The standard InChI is InChI=1S/C16H21N3O3S/c1-2-8-19-23(21,22)15-5-3-4-14(11-15)16(20)18-12-13-6-9-17-10-7-13/h2-6,11,17,19H,1,7-10,12H2,(H,18,20). The molecule has 6 nitrogen and oxygen atoms in total. The molecule has 0 saturated heterocycles. The zero-order valence-electron chi connectivity index (χ0n) is 12.8. The molecule has 0 aromatic heterocycles. The van der Waals surface area contributed by atoms with Gasteiger partial charge in [-0.05, 0) is 31.2 Å². The van der Waals surface area contributed by atoms with Crippen molar-refractivity contribution < 1.29 is 13.2 Å².